The molecule has 1 aliphatic heterocycles. The van der Waals surface area contributed by atoms with Crippen molar-refractivity contribution < 1.29 is 14.3 Å². The molecule has 0 aliphatic carbocycles. The van der Waals surface area contributed by atoms with Crippen LogP contribution in [0.3, 0.4) is 0 Å². The fourth-order valence-electron chi connectivity index (χ4n) is 4.78. The number of hydrogen-bond donors (Lipinski definition) is 0. The second-order valence-corrected chi connectivity index (χ2v) is 11.1. The van der Waals surface area contributed by atoms with Crippen molar-refractivity contribution in [2.75, 3.05) is 44.4 Å². The van der Waals surface area contributed by atoms with Gasteiger partial charge in [-0.15, -0.1) is 0 Å². The van der Waals surface area contributed by atoms with Crippen LogP contribution < -0.4 is 4.90 Å². The summed E-state index contributed by atoms with van der Waals surface area (Å²) in [5.74, 6) is -0.408. The smallest absolute Gasteiger partial charge is 0.274 e. The molecular weight excluding hydrogens is 590 g/mol. The Balaban J connectivity index is 1.68. The third-order valence-corrected chi connectivity index (χ3v) is 7.37. The third kappa shape index (κ3) is 10.5. The van der Waals surface area contributed by atoms with E-state index in [1.807, 2.05) is 54.6 Å². The molecule has 0 saturated heterocycles. The fourth-order valence-corrected chi connectivity index (χ4v) is 4.78. The topological polar surface area (TPSA) is 99.2 Å². The molecule has 0 N–H and O–H groups in total. The maximum atomic E-state index is 13.2. The van der Waals surface area contributed by atoms with Gasteiger partial charge in [0.05, 0.1) is 49.5 Å². The van der Waals surface area contributed by atoms with Crippen LogP contribution in [-0.4, -0.2) is 56.4 Å². The molecule has 3 rings (SSSR count). The number of amides is 1. The minimum atomic E-state index is -0.408. The number of anilines is 1. The molecule has 0 bridgehead atoms. The summed E-state index contributed by atoms with van der Waals surface area (Å²) in [4.78, 5) is 23.5. The third-order valence-electron chi connectivity index (χ3n) is 7.37. The van der Waals surface area contributed by atoms with E-state index in [0.717, 1.165) is 68.9 Å². The van der Waals surface area contributed by atoms with Gasteiger partial charge in [0.2, 0.25) is 11.6 Å². The summed E-state index contributed by atoms with van der Waals surface area (Å²) in [5, 5.41) is 18.2. The molecule has 2 aromatic carbocycles. The quantitative estimate of drug-likeness (QED) is 0.0708. The number of nitrogens with zero attached hydrogens (tertiary/aromatic N) is 7. The van der Waals surface area contributed by atoms with Gasteiger partial charge >= 0.3 is 0 Å². The van der Waals surface area contributed by atoms with Crippen LogP contribution in [0.5, 0.6) is 0 Å². The number of ether oxygens (including phenoxy) is 2. The van der Waals surface area contributed by atoms with Crippen LogP contribution in [0.15, 0.2) is 87.5 Å². The molecule has 47 heavy (non-hydrogen) atoms. The monoisotopic (exact) mass is 633 g/mol. The van der Waals surface area contributed by atoms with E-state index in [0.29, 0.717) is 18.9 Å². The zero-order chi connectivity index (χ0) is 34.0. The van der Waals surface area contributed by atoms with Crippen LogP contribution in [0.4, 0.5) is 17.1 Å². The highest BCUT2D eigenvalue weighted by Gasteiger charge is 2.37. The average Bonchev–Trinajstić information content (AvgIpc) is 3.37. The molecule has 244 valence electrons. The Morgan fingerprint density at radius 1 is 0.915 bits per heavy atom. The summed E-state index contributed by atoms with van der Waals surface area (Å²) in [6.45, 7) is 27.3. The van der Waals surface area contributed by atoms with Gasteiger partial charge in [-0.1, -0.05) is 51.0 Å². The first-order valence-electron chi connectivity index (χ1n) is 16.1. The highest BCUT2D eigenvalue weighted by atomic mass is 16.5. The van der Waals surface area contributed by atoms with Gasteiger partial charge in [0.25, 0.3) is 5.70 Å². The van der Waals surface area contributed by atoms with Gasteiger partial charge in [0.15, 0.2) is 0 Å². The number of rotatable bonds is 18. The molecule has 10 nitrogen and oxygen atoms in total. The van der Waals surface area contributed by atoms with E-state index in [4.69, 9.17) is 22.6 Å². The van der Waals surface area contributed by atoms with Gasteiger partial charge < -0.3 is 19.3 Å². The molecule has 1 aliphatic rings. The summed E-state index contributed by atoms with van der Waals surface area (Å²) in [7, 11) is 0. The van der Waals surface area contributed by atoms with E-state index < -0.39 is 5.91 Å². The first-order chi connectivity index (χ1) is 22.9. The van der Waals surface area contributed by atoms with Crippen molar-refractivity contribution in [1.29, 1.82) is 5.26 Å². The number of carbonyl (C=O) groups is 1. The highest BCUT2D eigenvalue weighted by Crippen LogP contribution is 2.36. The van der Waals surface area contributed by atoms with E-state index in [-0.39, 0.29) is 28.7 Å². The minimum Gasteiger partial charge on any atom is -0.380 e. The van der Waals surface area contributed by atoms with Crippen LogP contribution in [0.1, 0.15) is 58.9 Å². The molecular formula is C37H43N7O3. The van der Waals surface area contributed by atoms with Crippen molar-refractivity contribution in [1.82, 2.24) is 4.90 Å². The Morgan fingerprint density at radius 3 is 1.94 bits per heavy atom. The number of unbranched alkanes of at least 4 members (excludes halogenated alkanes) is 2. The SMILES string of the molecule is [C-]#[N+]C1=C(/C=C/c2ccc(N=Nc3ccc(N(CCOCCCC)CCOCCCC)cc3)cc2)C(=O)N(C(C)C)/C1=C(\C#N)[N+]#[C-]. The summed E-state index contributed by atoms with van der Waals surface area (Å²) in [6.07, 6.45) is 7.64. The molecule has 0 radical (unpaired) electrons. The second-order valence-electron chi connectivity index (χ2n) is 11.1. The van der Waals surface area contributed by atoms with Gasteiger partial charge in [-0.2, -0.15) is 10.2 Å². The molecule has 2 aromatic rings. The Bertz CT molecular complexity index is 1550. The summed E-state index contributed by atoms with van der Waals surface area (Å²) in [6, 6.07) is 16.8. The molecule has 0 atom stereocenters. The van der Waals surface area contributed by atoms with Gasteiger partial charge in [-0.25, -0.2) is 15.0 Å². The van der Waals surface area contributed by atoms with Gasteiger partial charge in [0, 0.05) is 43.6 Å². The van der Waals surface area contributed by atoms with Crippen LogP contribution >= 0.6 is 0 Å². The highest BCUT2D eigenvalue weighted by molar-refractivity contribution is 6.04. The van der Waals surface area contributed by atoms with Crippen molar-refractivity contribution in [3.8, 4) is 6.07 Å². The number of carbonyl (C=O) groups excluding carboxylic acids is 1. The average molecular weight is 634 g/mol. The van der Waals surface area contributed by atoms with Crippen molar-refractivity contribution in [3.63, 3.8) is 0 Å². The lowest BCUT2D eigenvalue weighted by molar-refractivity contribution is -0.125. The lowest BCUT2D eigenvalue weighted by Crippen LogP contribution is -2.32. The molecule has 10 heteroatoms. The lowest BCUT2D eigenvalue weighted by Gasteiger charge is -2.25. The number of nitriles is 1. The molecule has 0 fully saturated rings. The molecule has 0 spiro atoms. The maximum Gasteiger partial charge on any atom is 0.274 e. The van der Waals surface area contributed by atoms with Crippen LogP contribution in [0.25, 0.3) is 15.8 Å². The fraction of sp³-hybridized carbons (Fsp3) is 0.405. The van der Waals surface area contributed by atoms with Gasteiger partial charge in [-0.3, -0.25) is 4.79 Å². The van der Waals surface area contributed by atoms with Crippen LogP contribution in [-0.2, 0) is 14.3 Å². The number of azo groups is 1. The molecule has 0 saturated carbocycles. The van der Waals surface area contributed by atoms with Crippen molar-refractivity contribution in [2.45, 2.75) is 59.4 Å². The molecule has 1 amide bonds. The maximum absolute atomic E-state index is 13.2. The zero-order valence-corrected chi connectivity index (χ0v) is 27.8. The van der Waals surface area contributed by atoms with Crippen molar-refractivity contribution >= 4 is 29.0 Å². The zero-order valence-electron chi connectivity index (χ0n) is 27.8. The van der Waals surface area contributed by atoms with E-state index in [1.54, 1.807) is 26.0 Å². The first-order valence-corrected chi connectivity index (χ1v) is 16.1. The van der Waals surface area contributed by atoms with Gasteiger partial charge in [-0.05, 0) is 68.7 Å². The van der Waals surface area contributed by atoms with Crippen molar-refractivity contribution in [3.05, 3.63) is 106 Å². The second kappa shape index (κ2) is 19.4. The number of allylic oxidation sites excluding steroid dienone is 1. The summed E-state index contributed by atoms with van der Waals surface area (Å²) >= 11 is 0. The predicted octanol–water partition coefficient (Wildman–Crippen LogP) is 8.63. The Morgan fingerprint density at radius 2 is 1.47 bits per heavy atom. The normalized spacial score (nSPS) is 14.3. The summed E-state index contributed by atoms with van der Waals surface area (Å²) < 4.78 is 11.6. The van der Waals surface area contributed by atoms with E-state index in [9.17, 15) is 10.1 Å². The van der Waals surface area contributed by atoms with E-state index in [2.05, 4.69) is 38.7 Å². The van der Waals surface area contributed by atoms with Gasteiger partial charge in [0.1, 0.15) is 0 Å². The Labute approximate surface area is 278 Å². The number of hydrogen-bond acceptors (Lipinski definition) is 7. The van der Waals surface area contributed by atoms with Crippen molar-refractivity contribution in [2.24, 2.45) is 10.2 Å². The van der Waals surface area contributed by atoms with Crippen LogP contribution in [0.2, 0.25) is 0 Å². The molecule has 0 unspecified atom stereocenters. The van der Waals surface area contributed by atoms with Crippen LogP contribution in [0, 0.1) is 24.5 Å². The predicted molar refractivity (Wildman–Crippen MR) is 185 cm³/mol. The standard InChI is InChI=1S/C37H43N7O3/c1-7-9-23-46-25-21-43(22-26-47-24-10-8-2)32-18-16-31(17-19-32)42-41-30-14-11-29(12-15-30)13-20-33-35(40-6)36(34(27-38)39-5)44(28(3)4)37(33)45/h11-20,28H,7-10,21-26H2,1-4H3/b20-13+,36-34+,42-41?. The summed E-state index contributed by atoms with van der Waals surface area (Å²) in [5.41, 5.74) is 3.20. The lowest BCUT2D eigenvalue weighted by atomic mass is 10.1. The first kappa shape index (κ1) is 36.4. The van der Waals surface area contributed by atoms with E-state index in [1.165, 1.54) is 4.90 Å². The molecule has 1 heterocycles. The Hall–Kier alpha value is -5.08. The van der Waals surface area contributed by atoms with E-state index >= 15 is 0 Å². The Kier molecular flexibility index (Phi) is 15.0. The minimum absolute atomic E-state index is 0.00711. The number of benzene rings is 2. The molecule has 0 aromatic heterocycles. The largest absolute Gasteiger partial charge is 0.380 e.